The number of benzene rings is 12. The van der Waals surface area contributed by atoms with Crippen LogP contribution in [0.2, 0.25) is 0 Å². The molecular formula is C76H60ClN16O4P. The number of rotatable bonds is 12. The van der Waals surface area contributed by atoms with Gasteiger partial charge in [-0.1, -0.05) is 218 Å². The van der Waals surface area contributed by atoms with Crippen LogP contribution in [-0.4, -0.2) is 60.0 Å². The van der Waals surface area contributed by atoms with Gasteiger partial charge in [-0.25, -0.2) is 0 Å². The number of hydrogen-bond donors (Lipinski definition) is 0. The van der Waals surface area contributed by atoms with Crippen LogP contribution >= 0.6 is 7.82 Å². The van der Waals surface area contributed by atoms with Crippen LogP contribution in [0.5, 0.6) is 0 Å². The minimum absolute atomic E-state index is 0. The Morgan fingerprint density at radius 2 is 0.357 bits per heavy atom. The maximum absolute atomic E-state index is 8.55. The van der Waals surface area contributed by atoms with Crippen LogP contribution in [-0.2, 0) is 4.57 Å². The van der Waals surface area contributed by atoms with E-state index in [1.165, 1.54) is 0 Å². The van der Waals surface area contributed by atoms with E-state index >= 15 is 0 Å². The van der Waals surface area contributed by atoms with E-state index in [0.717, 1.165) is 67.8 Å². The standard InChI is InChI=1S/4C19H15N4.ClH.H3O4P/c4*1-4-10-16(11-5-1)19-20-22(17-12-6-2-7-13-17)23(21-19)18-14-8-3-9-15-18;;1-5(2,3)4/h4*1-15H;1H;(H3,1,2,3,4)/q4*+1;;/p-4. The first kappa shape index (κ1) is 66.8. The van der Waals surface area contributed by atoms with E-state index in [1.54, 1.807) is 0 Å². The fraction of sp³-hybridized carbons (Fsp3) is 0. The van der Waals surface area contributed by atoms with E-state index in [2.05, 4.69) is 0 Å². The van der Waals surface area contributed by atoms with Gasteiger partial charge in [-0.15, -0.1) is 0 Å². The fourth-order valence-electron chi connectivity index (χ4n) is 9.77. The summed E-state index contributed by atoms with van der Waals surface area (Å²) in [5.41, 5.74) is 11.7. The number of para-hydroxylation sites is 8. The van der Waals surface area contributed by atoms with Crippen LogP contribution in [0.15, 0.2) is 364 Å². The molecular weight excluding hydrogens is 1270 g/mol. The second kappa shape index (κ2) is 32.9. The minimum Gasteiger partial charge on any atom is -1.00 e. The number of hydrogen-bond acceptors (Lipinski definition) is 12. The van der Waals surface area contributed by atoms with Crippen molar-refractivity contribution in [2.45, 2.75) is 0 Å². The van der Waals surface area contributed by atoms with Gasteiger partial charge in [0, 0.05) is 19.2 Å². The molecule has 0 unspecified atom stereocenters. The molecule has 4 heterocycles. The molecule has 0 saturated carbocycles. The Hall–Kier alpha value is -12.7. The lowest BCUT2D eigenvalue weighted by Crippen LogP contribution is -3.00. The first-order valence-corrected chi connectivity index (χ1v) is 32.1. The lowest BCUT2D eigenvalue weighted by atomic mass is 10.2. The molecule has 0 atom stereocenters. The molecule has 0 aliphatic heterocycles. The van der Waals surface area contributed by atoms with Gasteiger partial charge in [0.05, 0.1) is 42.6 Å². The van der Waals surface area contributed by atoms with Crippen LogP contribution in [0.4, 0.5) is 0 Å². The van der Waals surface area contributed by atoms with Crippen molar-refractivity contribution in [3.63, 3.8) is 0 Å². The summed E-state index contributed by atoms with van der Waals surface area (Å²) in [6.45, 7) is 0. The first-order chi connectivity index (χ1) is 47.7. The third-order valence-corrected chi connectivity index (χ3v) is 14.3. The first-order valence-electron chi connectivity index (χ1n) is 30.6. The molecule has 0 aliphatic carbocycles. The summed E-state index contributed by atoms with van der Waals surface area (Å²) >= 11 is 0. The number of aromatic nitrogens is 16. The van der Waals surface area contributed by atoms with Crippen LogP contribution in [0.1, 0.15) is 0 Å². The zero-order valence-electron chi connectivity index (χ0n) is 52.3. The highest BCUT2D eigenvalue weighted by atomic mass is 35.5. The van der Waals surface area contributed by atoms with Crippen molar-refractivity contribution in [3.8, 4) is 91.1 Å². The third-order valence-electron chi connectivity index (χ3n) is 14.3. The van der Waals surface area contributed by atoms with Gasteiger partial charge >= 0.3 is 23.3 Å². The quantitative estimate of drug-likeness (QED) is 0.0889. The predicted octanol–water partition coefficient (Wildman–Crippen LogP) is 7.02. The largest absolute Gasteiger partial charge is 1.00 e. The van der Waals surface area contributed by atoms with Crippen molar-refractivity contribution >= 4 is 7.82 Å². The van der Waals surface area contributed by atoms with Gasteiger partial charge < -0.3 is 31.7 Å². The number of halogens is 1. The van der Waals surface area contributed by atoms with Crippen LogP contribution in [0.3, 0.4) is 0 Å². The molecule has 0 radical (unpaired) electrons. The molecule has 0 spiro atoms. The SMILES string of the molecule is O=P([O-])([O-])[O-].[Cl-].c1ccc(-c2nn(-c3ccccc3)[n+](-c3ccccc3)n2)cc1.c1ccc(-c2nn(-c3ccccc3)[n+](-c3ccccc3)n2)cc1.c1ccc(-c2nn(-c3ccccc3)[n+](-c3ccccc3)n2)cc1.c1ccc(-c2nn(-c3ccccc3)[n+](-c3ccccc3)n2)cc1. The van der Waals surface area contributed by atoms with Gasteiger partial charge in [0.25, 0.3) is 0 Å². The normalized spacial score (nSPS) is 10.6. The Bertz CT molecular complexity index is 4210. The molecule has 4 aromatic heterocycles. The lowest BCUT2D eigenvalue weighted by molar-refractivity contribution is -0.734. The third kappa shape index (κ3) is 17.6. The molecule has 12 aromatic carbocycles. The Kier molecular flexibility index (Phi) is 22.4. The molecule has 0 aliphatic rings. The van der Waals surface area contributed by atoms with E-state index in [9.17, 15) is 0 Å². The Balaban J connectivity index is 0.000000129. The van der Waals surface area contributed by atoms with Gasteiger partial charge in [-0.2, -0.15) is 7.82 Å². The second-order valence-corrected chi connectivity index (χ2v) is 21.9. The summed E-state index contributed by atoms with van der Waals surface area (Å²) in [6, 6.07) is 120. The minimum atomic E-state index is -5.39. The number of phosphoric acid groups is 1. The molecule has 98 heavy (non-hydrogen) atoms. The molecule has 16 rings (SSSR count). The van der Waals surface area contributed by atoms with E-state index in [4.69, 9.17) is 60.0 Å². The van der Waals surface area contributed by atoms with E-state index in [-0.39, 0.29) is 12.4 Å². The van der Waals surface area contributed by atoms with Gasteiger partial charge in [0.15, 0.2) is 22.7 Å². The highest BCUT2D eigenvalue weighted by molar-refractivity contribution is 7.40. The Morgan fingerprint density at radius 3 is 0.510 bits per heavy atom. The second-order valence-electron chi connectivity index (χ2n) is 21.0. The summed E-state index contributed by atoms with van der Waals surface area (Å²) in [7, 11) is -5.39. The van der Waals surface area contributed by atoms with Gasteiger partial charge in [0.2, 0.25) is 0 Å². The molecule has 0 amide bonds. The van der Waals surface area contributed by atoms with Crippen LogP contribution < -0.4 is 46.3 Å². The molecule has 20 nitrogen and oxygen atoms in total. The molecule has 0 fully saturated rings. The molecule has 16 aromatic rings. The highest BCUT2D eigenvalue weighted by Crippen LogP contribution is 2.19. The Morgan fingerprint density at radius 1 is 0.224 bits per heavy atom. The zero-order valence-corrected chi connectivity index (χ0v) is 53.9. The van der Waals surface area contributed by atoms with E-state index < -0.39 is 7.82 Å². The monoisotopic (exact) mass is 1330 g/mol. The smallest absolute Gasteiger partial charge is 0.340 e. The number of tetrazole rings is 4. The maximum atomic E-state index is 8.55. The maximum Gasteiger partial charge on any atom is 0.340 e. The summed E-state index contributed by atoms with van der Waals surface area (Å²) < 4.78 is 8.55. The van der Waals surface area contributed by atoms with E-state index in [1.807, 2.05) is 402 Å². The average Bonchev–Trinajstić information content (AvgIpc) is 1.71. The van der Waals surface area contributed by atoms with Crippen molar-refractivity contribution in [2.24, 2.45) is 0 Å². The van der Waals surface area contributed by atoms with Crippen molar-refractivity contribution in [1.82, 2.24) is 60.0 Å². The topological polar surface area (TPSA) is 225 Å². The summed E-state index contributed by atoms with van der Waals surface area (Å²) in [5, 5.41) is 37.6. The van der Waals surface area contributed by atoms with Crippen molar-refractivity contribution in [1.29, 1.82) is 0 Å². The zero-order chi connectivity index (χ0) is 66.4. The molecule has 0 saturated heterocycles. The Labute approximate surface area is 570 Å². The molecule has 22 heteroatoms. The molecule has 0 bridgehead atoms. The van der Waals surface area contributed by atoms with Gasteiger partial charge in [0.1, 0.15) is 22.7 Å². The average molecular weight is 1330 g/mol. The lowest BCUT2D eigenvalue weighted by Gasteiger charge is -2.36. The fourth-order valence-corrected chi connectivity index (χ4v) is 9.77. The highest BCUT2D eigenvalue weighted by Gasteiger charge is 2.27. The predicted molar refractivity (Wildman–Crippen MR) is 361 cm³/mol. The van der Waals surface area contributed by atoms with Crippen LogP contribution in [0, 0.1) is 0 Å². The summed E-state index contributed by atoms with van der Waals surface area (Å²) in [4.78, 5) is 40.2. The van der Waals surface area contributed by atoms with Crippen molar-refractivity contribution in [3.05, 3.63) is 364 Å². The van der Waals surface area contributed by atoms with Crippen LogP contribution in [0.25, 0.3) is 91.1 Å². The van der Waals surface area contributed by atoms with Crippen molar-refractivity contribution in [2.75, 3.05) is 0 Å². The van der Waals surface area contributed by atoms with E-state index in [0.29, 0.717) is 23.3 Å². The van der Waals surface area contributed by atoms with Crippen molar-refractivity contribution < 1.29 is 50.8 Å². The number of nitrogens with zero attached hydrogens (tertiary/aromatic N) is 16. The molecule has 480 valence electrons. The van der Waals surface area contributed by atoms with Gasteiger partial charge in [-0.3, -0.25) is 0 Å². The summed E-state index contributed by atoms with van der Waals surface area (Å²) in [5.74, 6) is 2.77. The van der Waals surface area contributed by atoms with Gasteiger partial charge in [-0.05, 0) is 185 Å². The molecule has 0 N–H and O–H groups in total. The summed E-state index contributed by atoms with van der Waals surface area (Å²) in [6.07, 6.45) is 0.